The zero-order valence-electron chi connectivity index (χ0n) is 33.1. The number of amides is 2. The van der Waals surface area contributed by atoms with Crippen LogP contribution in [-0.4, -0.2) is 49.8 Å². The van der Waals surface area contributed by atoms with Gasteiger partial charge in [-0.1, -0.05) is 57.5 Å². The Balaban J connectivity index is 0.000000177. The maximum atomic E-state index is 13.5. The number of halogens is 2. The van der Waals surface area contributed by atoms with E-state index in [4.69, 9.17) is 33.2 Å². The standard InChI is InChI=1S/C23H22ClN3O2.C22H20ClN3O3/c1-13(2)22-25-21-18(23(29)27(22)17-7-5-16(24)6-8-17)9-10-19-20(21)14(3)11-12-26(19)15(4)28;1-12(2)21-24-20-16(22(29)26(21)15-6-4-14(23)5-7-15)8-9-17-19(20)18(28)10-11-25(17)13(3)27/h5-10,13H,3,11-12H2,1-2,4H3;4-9,12H,10-11H2,1-3H3. The van der Waals surface area contributed by atoms with Gasteiger partial charge in [0.15, 0.2) is 5.78 Å². The second-order valence-electron chi connectivity index (χ2n) is 15.1. The van der Waals surface area contributed by atoms with E-state index in [0.29, 0.717) is 79.9 Å². The predicted molar refractivity (Wildman–Crippen MR) is 232 cm³/mol. The van der Waals surface area contributed by atoms with E-state index in [0.717, 1.165) is 22.5 Å². The number of benzene rings is 4. The number of rotatable bonds is 4. The largest absolute Gasteiger partial charge is 0.312 e. The third-order valence-electron chi connectivity index (χ3n) is 10.5. The number of aromatic nitrogens is 4. The topological polar surface area (TPSA) is 127 Å². The lowest BCUT2D eigenvalue weighted by atomic mass is 9.94. The Morgan fingerprint density at radius 3 is 1.41 bits per heavy atom. The van der Waals surface area contributed by atoms with Crippen molar-refractivity contribution in [1.82, 2.24) is 19.1 Å². The van der Waals surface area contributed by atoms with Gasteiger partial charge >= 0.3 is 0 Å². The van der Waals surface area contributed by atoms with Gasteiger partial charge in [0, 0.05) is 60.8 Å². The van der Waals surface area contributed by atoms with Gasteiger partial charge in [0.2, 0.25) is 11.8 Å². The van der Waals surface area contributed by atoms with E-state index >= 15 is 0 Å². The molecule has 13 heteroatoms. The van der Waals surface area contributed by atoms with Crippen LogP contribution in [0.2, 0.25) is 10.0 Å². The molecule has 0 radical (unpaired) electrons. The average molecular weight is 818 g/mol. The van der Waals surface area contributed by atoms with Crippen molar-refractivity contribution in [2.45, 2.75) is 66.2 Å². The molecule has 11 nitrogen and oxygen atoms in total. The first kappa shape index (κ1) is 40.3. The molecular formula is C45H42Cl2N6O5. The van der Waals surface area contributed by atoms with Crippen LogP contribution in [0, 0.1) is 0 Å². The fraction of sp³-hybridized carbons (Fsp3) is 0.267. The van der Waals surface area contributed by atoms with Crippen LogP contribution in [0.1, 0.15) is 93.8 Å². The first-order valence-electron chi connectivity index (χ1n) is 19.1. The van der Waals surface area contributed by atoms with Crippen LogP contribution in [0.5, 0.6) is 0 Å². The molecule has 2 aliphatic rings. The summed E-state index contributed by atoms with van der Waals surface area (Å²) in [6.07, 6.45) is 0.870. The normalized spacial score (nSPS) is 13.8. The molecule has 8 rings (SSSR count). The molecule has 296 valence electrons. The molecule has 4 aromatic carbocycles. The third kappa shape index (κ3) is 7.13. The van der Waals surface area contributed by atoms with Crippen molar-refractivity contribution in [2.24, 2.45) is 0 Å². The van der Waals surface area contributed by atoms with E-state index in [1.165, 1.54) is 6.92 Å². The highest BCUT2D eigenvalue weighted by molar-refractivity contribution is 6.30. The Hall–Kier alpha value is -5.91. The van der Waals surface area contributed by atoms with Gasteiger partial charge in [-0.15, -0.1) is 0 Å². The molecule has 2 amide bonds. The van der Waals surface area contributed by atoms with Crippen LogP contribution in [0.4, 0.5) is 11.4 Å². The molecule has 0 saturated carbocycles. The van der Waals surface area contributed by atoms with Crippen molar-refractivity contribution in [2.75, 3.05) is 22.9 Å². The Kier molecular flexibility index (Phi) is 11.0. The molecule has 4 heterocycles. The molecule has 0 unspecified atom stereocenters. The molecule has 0 bridgehead atoms. The highest BCUT2D eigenvalue weighted by atomic mass is 35.5. The summed E-state index contributed by atoms with van der Waals surface area (Å²) >= 11 is 12.0. The van der Waals surface area contributed by atoms with E-state index in [2.05, 4.69) is 6.58 Å². The van der Waals surface area contributed by atoms with Gasteiger partial charge in [-0.05, 0) is 84.8 Å². The molecule has 0 atom stereocenters. The molecule has 0 spiro atoms. The number of carbonyl (C=O) groups excluding carboxylic acids is 3. The van der Waals surface area contributed by atoms with Crippen LogP contribution in [0.25, 0.3) is 38.8 Å². The number of hydrogen-bond acceptors (Lipinski definition) is 7. The third-order valence-corrected chi connectivity index (χ3v) is 11.0. The summed E-state index contributed by atoms with van der Waals surface area (Å²) in [4.78, 5) is 76.8. The molecule has 0 saturated heterocycles. The highest BCUT2D eigenvalue weighted by Gasteiger charge is 2.30. The van der Waals surface area contributed by atoms with Crippen LogP contribution >= 0.6 is 23.2 Å². The lowest BCUT2D eigenvalue weighted by molar-refractivity contribution is -0.117. The van der Waals surface area contributed by atoms with Crippen molar-refractivity contribution in [3.8, 4) is 11.4 Å². The fourth-order valence-corrected chi connectivity index (χ4v) is 7.90. The second kappa shape index (κ2) is 15.8. The number of hydrogen-bond donors (Lipinski definition) is 0. The molecule has 0 N–H and O–H groups in total. The fourth-order valence-electron chi connectivity index (χ4n) is 7.65. The van der Waals surface area contributed by atoms with E-state index in [1.54, 1.807) is 80.5 Å². The van der Waals surface area contributed by atoms with E-state index in [-0.39, 0.29) is 47.0 Å². The Labute approximate surface area is 345 Å². The second-order valence-corrected chi connectivity index (χ2v) is 15.9. The van der Waals surface area contributed by atoms with Crippen molar-refractivity contribution >= 4 is 79.6 Å². The van der Waals surface area contributed by atoms with Gasteiger partial charge in [-0.25, -0.2) is 9.97 Å². The lowest BCUT2D eigenvalue weighted by Gasteiger charge is -2.30. The molecule has 0 aliphatic carbocycles. The Morgan fingerprint density at radius 1 is 0.603 bits per heavy atom. The van der Waals surface area contributed by atoms with Gasteiger partial charge < -0.3 is 9.80 Å². The summed E-state index contributed by atoms with van der Waals surface area (Å²) in [7, 11) is 0. The minimum atomic E-state index is -0.253. The van der Waals surface area contributed by atoms with Gasteiger partial charge in [-0.3, -0.25) is 33.1 Å². The Morgan fingerprint density at radius 2 is 1.00 bits per heavy atom. The maximum absolute atomic E-state index is 13.5. The number of fused-ring (bicyclic) bond motifs is 6. The van der Waals surface area contributed by atoms with E-state index in [1.807, 2.05) is 45.9 Å². The SMILES string of the molecule is C=C1CCN(C(C)=O)c2ccc3c(=O)n(-c4ccc(Cl)cc4)c(C(C)C)nc3c21.CC(=O)N1CCC(=O)c2c1ccc1c(=O)n(-c3ccc(Cl)cc3)c(C(C)C)nc21. The number of ketones is 1. The summed E-state index contributed by atoms with van der Waals surface area (Å²) in [6.45, 7) is 16.0. The minimum absolute atomic E-state index is 0.0133. The van der Waals surface area contributed by atoms with E-state index in [9.17, 15) is 24.0 Å². The number of Topliss-reactive ketones (excluding diaryl/α,β-unsaturated/α-hetero) is 1. The smallest absolute Gasteiger partial charge is 0.266 e. The van der Waals surface area contributed by atoms with Gasteiger partial charge in [0.05, 0.1) is 50.1 Å². The van der Waals surface area contributed by atoms with E-state index < -0.39 is 0 Å². The summed E-state index contributed by atoms with van der Waals surface area (Å²) in [5, 5.41) is 2.04. The Bertz CT molecular complexity index is 2620. The van der Waals surface area contributed by atoms with Gasteiger partial charge in [0.25, 0.3) is 11.1 Å². The zero-order chi connectivity index (χ0) is 41.7. The summed E-state index contributed by atoms with van der Waals surface area (Å²) in [6, 6.07) is 21.0. The van der Waals surface area contributed by atoms with Crippen molar-refractivity contribution in [3.63, 3.8) is 0 Å². The summed E-state index contributed by atoms with van der Waals surface area (Å²) in [5.74, 6) is 0.875. The molecule has 58 heavy (non-hydrogen) atoms. The molecule has 2 aromatic heterocycles. The van der Waals surface area contributed by atoms with Gasteiger partial charge in [0.1, 0.15) is 11.6 Å². The summed E-state index contributed by atoms with van der Waals surface area (Å²) in [5.41, 5.74) is 5.29. The highest BCUT2D eigenvalue weighted by Crippen LogP contribution is 2.38. The van der Waals surface area contributed by atoms with Crippen LogP contribution in [0.3, 0.4) is 0 Å². The van der Waals surface area contributed by atoms with Crippen LogP contribution in [0.15, 0.2) is 89.0 Å². The van der Waals surface area contributed by atoms with Gasteiger partial charge in [-0.2, -0.15) is 0 Å². The first-order valence-corrected chi connectivity index (χ1v) is 19.8. The first-order chi connectivity index (χ1) is 27.6. The minimum Gasteiger partial charge on any atom is -0.312 e. The van der Waals surface area contributed by atoms with Crippen LogP contribution < -0.4 is 20.9 Å². The quantitative estimate of drug-likeness (QED) is 0.174. The van der Waals surface area contributed by atoms with Crippen molar-refractivity contribution in [1.29, 1.82) is 0 Å². The zero-order valence-corrected chi connectivity index (χ0v) is 34.6. The van der Waals surface area contributed by atoms with Crippen molar-refractivity contribution in [3.05, 3.63) is 133 Å². The number of carbonyl (C=O) groups is 3. The average Bonchev–Trinajstić information content (AvgIpc) is 3.18. The lowest BCUT2D eigenvalue weighted by Crippen LogP contribution is -2.36. The maximum Gasteiger partial charge on any atom is 0.266 e. The molecular weight excluding hydrogens is 775 g/mol. The number of nitrogens with zero attached hydrogens (tertiary/aromatic N) is 6. The molecule has 6 aromatic rings. The van der Waals surface area contributed by atoms with Crippen molar-refractivity contribution < 1.29 is 14.4 Å². The molecule has 0 fully saturated rings. The number of anilines is 2. The van der Waals surface area contributed by atoms with Crippen LogP contribution in [-0.2, 0) is 9.59 Å². The molecule has 2 aliphatic heterocycles. The summed E-state index contributed by atoms with van der Waals surface area (Å²) < 4.78 is 3.20. The predicted octanol–water partition coefficient (Wildman–Crippen LogP) is 9.03. The monoisotopic (exact) mass is 816 g/mol.